The Morgan fingerprint density at radius 2 is 2.17 bits per heavy atom. The van der Waals surface area contributed by atoms with Crippen molar-refractivity contribution < 1.29 is 0 Å². The average Bonchev–Trinajstić information content (AvgIpc) is 2.79. The van der Waals surface area contributed by atoms with Gasteiger partial charge in [-0.15, -0.1) is 0 Å². The van der Waals surface area contributed by atoms with Crippen LogP contribution >= 0.6 is 0 Å². The summed E-state index contributed by atoms with van der Waals surface area (Å²) in [6.45, 7) is 5.56. The van der Waals surface area contributed by atoms with Crippen LogP contribution in [-0.4, -0.2) is 27.0 Å². The molecule has 0 aromatic carbocycles. The van der Waals surface area contributed by atoms with E-state index >= 15 is 0 Å². The van der Waals surface area contributed by atoms with Crippen molar-refractivity contribution in [1.29, 1.82) is 0 Å². The second-order valence-corrected chi connectivity index (χ2v) is 5.33. The maximum atomic E-state index is 5.88. The first-order valence-corrected chi connectivity index (χ1v) is 6.51. The van der Waals surface area contributed by atoms with E-state index < -0.39 is 0 Å². The standard InChI is InChI=1S/C13H19N5/c1-9-3-4-10(2)18(7-9)13-12-15-5-6-17(12)8-11(14)16-13/h5-6,8-10H,3-4,7,14H2,1-2H3. The molecule has 2 aromatic heterocycles. The van der Waals surface area contributed by atoms with Crippen molar-refractivity contribution in [3.05, 3.63) is 18.6 Å². The molecule has 1 fully saturated rings. The lowest BCUT2D eigenvalue weighted by Gasteiger charge is -2.37. The molecule has 0 bridgehead atoms. The summed E-state index contributed by atoms with van der Waals surface area (Å²) >= 11 is 0. The topological polar surface area (TPSA) is 59.5 Å². The lowest BCUT2D eigenvalue weighted by atomic mass is 9.95. The maximum Gasteiger partial charge on any atom is 0.180 e. The number of aromatic nitrogens is 3. The van der Waals surface area contributed by atoms with Crippen LogP contribution in [0.2, 0.25) is 0 Å². The molecular formula is C13H19N5. The number of nitrogens with zero attached hydrogens (tertiary/aromatic N) is 4. The molecule has 0 spiro atoms. The third-order valence-corrected chi connectivity index (χ3v) is 3.76. The smallest absolute Gasteiger partial charge is 0.180 e. The highest BCUT2D eigenvalue weighted by molar-refractivity contribution is 5.66. The third kappa shape index (κ3) is 1.79. The summed E-state index contributed by atoms with van der Waals surface area (Å²) in [7, 11) is 0. The van der Waals surface area contributed by atoms with Gasteiger partial charge in [0.1, 0.15) is 5.82 Å². The Balaban J connectivity index is 2.09. The number of piperidine rings is 1. The first kappa shape index (κ1) is 11.3. The van der Waals surface area contributed by atoms with Crippen LogP contribution in [0.4, 0.5) is 11.6 Å². The fourth-order valence-electron chi connectivity index (χ4n) is 2.71. The second-order valence-electron chi connectivity index (χ2n) is 5.33. The molecule has 2 aromatic rings. The normalized spacial score (nSPS) is 24.7. The number of nitrogens with two attached hydrogens (primary N) is 1. The van der Waals surface area contributed by atoms with E-state index in [0.717, 1.165) is 18.0 Å². The molecule has 1 aliphatic heterocycles. The highest BCUT2D eigenvalue weighted by Crippen LogP contribution is 2.29. The van der Waals surface area contributed by atoms with Gasteiger partial charge in [0.25, 0.3) is 0 Å². The minimum Gasteiger partial charge on any atom is -0.382 e. The van der Waals surface area contributed by atoms with Crippen LogP contribution < -0.4 is 10.6 Å². The molecule has 1 saturated heterocycles. The number of fused-ring (bicyclic) bond motifs is 1. The molecule has 18 heavy (non-hydrogen) atoms. The van der Waals surface area contributed by atoms with Crippen molar-refractivity contribution in [2.45, 2.75) is 32.7 Å². The van der Waals surface area contributed by atoms with Crippen molar-refractivity contribution in [2.75, 3.05) is 17.2 Å². The fourth-order valence-corrected chi connectivity index (χ4v) is 2.71. The second kappa shape index (κ2) is 4.15. The van der Waals surface area contributed by atoms with Gasteiger partial charge < -0.3 is 15.0 Å². The summed E-state index contributed by atoms with van der Waals surface area (Å²) in [5.41, 5.74) is 6.78. The van der Waals surface area contributed by atoms with Crippen LogP contribution in [0.1, 0.15) is 26.7 Å². The molecule has 0 amide bonds. The molecule has 3 heterocycles. The summed E-state index contributed by atoms with van der Waals surface area (Å²) in [6.07, 6.45) is 7.99. The number of hydrogen-bond donors (Lipinski definition) is 1. The number of imidazole rings is 1. The summed E-state index contributed by atoms with van der Waals surface area (Å²) in [4.78, 5) is 11.2. The predicted octanol–water partition coefficient (Wildman–Crippen LogP) is 1.94. The van der Waals surface area contributed by atoms with E-state index in [9.17, 15) is 0 Å². The molecule has 1 aliphatic rings. The zero-order valence-corrected chi connectivity index (χ0v) is 10.9. The van der Waals surface area contributed by atoms with Crippen LogP contribution in [0.25, 0.3) is 5.65 Å². The molecule has 0 radical (unpaired) electrons. The van der Waals surface area contributed by atoms with Crippen molar-refractivity contribution in [3.8, 4) is 0 Å². The molecule has 0 saturated carbocycles. The molecule has 5 heteroatoms. The Kier molecular flexibility index (Phi) is 2.61. The third-order valence-electron chi connectivity index (χ3n) is 3.76. The largest absolute Gasteiger partial charge is 0.382 e. The van der Waals surface area contributed by atoms with E-state index in [2.05, 4.69) is 28.7 Å². The minimum absolute atomic E-state index is 0.496. The molecule has 0 aliphatic carbocycles. The van der Waals surface area contributed by atoms with Gasteiger partial charge >= 0.3 is 0 Å². The highest BCUT2D eigenvalue weighted by Gasteiger charge is 2.26. The Hall–Kier alpha value is -1.78. The lowest BCUT2D eigenvalue weighted by Crippen LogP contribution is -2.42. The summed E-state index contributed by atoms with van der Waals surface area (Å²) in [5, 5.41) is 0. The zero-order valence-electron chi connectivity index (χ0n) is 10.9. The number of hydrogen-bond acceptors (Lipinski definition) is 4. The summed E-state index contributed by atoms with van der Waals surface area (Å²) < 4.78 is 1.95. The van der Waals surface area contributed by atoms with Gasteiger partial charge in [-0.1, -0.05) is 6.92 Å². The quantitative estimate of drug-likeness (QED) is 0.834. The van der Waals surface area contributed by atoms with E-state index in [4.69, 9.17) is 5.73 Å². The average molecular weight is 245 g/mol. The molecule has 96 valence electrons. The Labute approximate surface area is 107 Å². The van der Waals surface area contributed by atoms with Crippen molar-refractivity contribution in [2.24, 2.45) is 5.92 Å². The van der Waals surface area contributed by atoms with Crippen molar-refractivity contribution >= 4 is 17.3 Å². The monoisotopic (exact) mass is 245 g/mol. The van der Waals surface area contributed by atoms with Gasteiger partial charge in [-0.25, -0.2) is 9.97 Å². The van der Waals surface area contributed by atoms with E-state index in [-0.39, 0.29) is 0 Å². The van der Waals surface area contributed by atoms with E-state index in [0.29, 0.717) is 17.8 Å². The van der Waals surface area contributed by atoms with Gasteiger partial charge in [0.15, 0.2) is 11.5 Å². The minimum atomic E-state index is 0.496. The molecule has 3 rings (SSSR count). The van der Waals surface area contributed by atoms with Gasteiger partial charge in [-0.3, -0.25) is 0 Å². The van der Waals surface area contributed by atoms with Crippen LogP contribution in [-0.2, 0) is 0 Å². The van der Waals surface area contributed by atoms with E-state index in [1.54, 1.807) is 6.20 Å². The Morgan fingerprint density at radius 1 is 1.33 bits per heavy atom. The lowest BCUT2D eigenvalue weighted by molar-refractivity contribution is 0.388. The van der Waals surface area contributed by atoms with Crippen molar-refractivity contribution in [1.82, 2.24) is 14.4 Å². The highest BCUT2D eigenvalue weighted by atomic mass is 15.3. The SMILES string of the molecule is CC1CCC(C)N(c2nc(N)cn3ccnc23)C1. The predicted molar refractivity (Wildman–Crippen MR) is 72.6 cm³/mol. The van der Waals surface area contributed by atoms with Gasteiger partial charge in [-0.05, 0) is 25.7 Å². The number of nitrogen functional groups attached to an aromatic ring is 1. The van der Waals surface area contributed by atoms with Crippen LogP contribution in [0.15, 0.2) is 18.6 Å². The summed E-state index contributed by atoms with van der Waals surface area (Å²) in [6, 6.07) is 0.496. The van der Waals surface area contributed by atoms with E-state index in [1.807, 2.05) is 16.8 Å². The van der Waals surface area contributed by atoms with Crippen molar-refractivity contribution in [3.63, 3.8) is 0 Å². The number of rotatable bonds is 1. The number of anilines is 2. The van der Waals surface area contributed by atoms with Crippen LogP contribution in [0.5, 0.6) is 0 Å². The maximum absolute atomic E-state index is 5.88. The molecule has 5 nitrogen and oxygen atoms in total. The van der Waals surface area contributed by atoms with Gasteiger partial charge in [0.05, 0.1) is 6.20 Å². The van der Waals surface area contributed by atoms with E-state index in [1.165, 1.54) is 12.8 Å². The fraction of sp³-hybridized carbons (Fsp3) is 0.538. The van der Waals surface area contributed by atoms with Gasteiger partial charge in [0, 0.05) is 25.0 Å². The summed E-state index contributed by atoms with van der Waals surface area (Å²) in [5.74, 6) is 2.15. The molecule has 2 N–H and O–H groups in total. The first-order valence-electron chi connectivity index (χ1n) is 6.51. The zero-order chi connectivity index (χ0) is 12.7. The van der Waals surface area contributed by atoms with Crippen LogP contribution in [0.3, 0.4) is 0 Å². The first-order chi connectivity index (χ1) is 8.65. The van der Waals surface area contributed by atoms with Gasteiger partial charge in [0.2, 0.25) is 0 Å². The molecule has 2 unspecified atom stereocenters. The molecular weight excluding hydrogens is 226 g/mol. The Morgan fingerprint density at radius 3 is 3.00 bits per heavy atom. The molecule has 2 atom stereocenters. The Bertz CT molecular complexity index is 562. The van der Waals surface area contributed by atoms with Crippen LogP contribution in [0, 0.1) is 5.92 Å². The van der Waals surface area contributed by atoms with Gasteiger partial charge in [-0.2, -0.15) is 0 Å².